The lowest BCUT2D eigenvalue weighted by Crippen LogP contribution is -2.25. The molecule has 3 N–H and O–H groups in total. The summed E-state index contributed by atoms with van der Waals surface area (Å²) in [5, 5.41) is 6.58. The van der Waals surface area contributed by atoms with Crippen LogP contribution >= 0.6 is 0 Å². The molecular formula is C16H21N3O2. The summed E-state index contributed by atoms with van der Waals surface area (Å²) in [4.78, 5) is 12.1. The van der Waals surface area contributed by atoms with Gasteiger partial charge in [-0.25, -0.2) is 5.10 Å². The Hall–Kier alpha value is -2.14. The Balaban J connectivity index is 2.54. The van der Waals surface area contributed by atoms with Crippen LogP contribution in [0.4, 0.5) is 0 Å². The maximum absolute atomic E-state index is 12.1. The molecule has 0 saturated carbocycles. The first-order valence-corrected chi connectivity index (χ1v) is 6.93. The van der Waals surface area contributed by atoms with Crippen molar-refractivity contribution in [3.63, 3.8) is 0 Å². The van der Waals surface area contributed by atoms with Gasteiger partial charge in [0, 0.05) is 11.1 Å². The molecule has 0 saturated heterocycles. The summed E-state index contributed by atoms with van der Waals surface area (Å²) in [5.41, 5.74) is 9.21. The van der Waals surface area contributed by atoms with E-state index < -0.39 is 6.04 Å². The molecule has 0 fully saturated rings. The maximum atomic E-state index is 12.1. The summed E-state index contributed by atoms with van der Waals surface area (Å²) in [6, 6.07) is 6.98. The normalized spacial score (nSPS) is 12.5. The molecule has 2 aromatic rings. The van der Waals surface area contributed by atoms with E-state index in [0.29, 0.717) is 11.3 Å². The van der Waals surface area contributed by atoms with Gasteiger partial charge < -0.3 is 10.5 Å². The number of hydrogen-bond acceptors (Lipinski definition) is 4. The molecule has 21 heavy (non-hydrogen) atoms. The van der Waals surface area contributed by atoms with Crippen molar-refractivity contribution in [3.05, 3.63) is 57.0 Å². The van der Waals surface area contributed by atoms with Gasteiger partial charge in [0.1, 0.15) is 5.75 Å². The fourth-order valence-electron chi connectivity index (χ4n) is 2.23. The molecule has 0 radical (unpaired) electrons. The largest absolute Gasteiger partial charge is 0.496 e. The number of rotatable bonds is 4. The third-order valence-corrected chi connectivity index (χ3v) is 3.50. The quantitative estimate of drug-likeness (QED) is 0.903. The van der Waals surface area contributed by atoms with Crippen LogP contribution in [0.2, 0.25) is 0 Å². The van der Waals surface area contributed by atoms with E-state index in [1.54, 1.807) is 13.2 Å². The predicted octanol–water partition coefficient (Wildman–Crippen LogP) is 2.26. The lowest BCUT2D eigenvalue weighted by atomic mass is 9.97. The van der Waals surface area contributed by atoms with Crippen molar-refractivity contribution in [1.29, 1.82) is 0 Å². The van der Waals surface area contributed by atoms with E-state index in [9.17, 15) is 4.79 Å². The van der Waals surface area contributed by atoms with Gasteiger partial charge in [-0.3, -0.25) is 4.79 Å². The molecule has 5 nitrogen and oxygen atoms in total. The standard InChI is InChI=1S/C16H21N3O2/c1-9(2)13-8-12(16(20)19-18-13)15(17)11-7-10(3)5-6-14(11)21-4/h5-9,15H,17H2,1-4H3,(H,19,20). The van der Waals surface area contributed by atoms with Crippen LogP contribution in [0.3, 0.4) is 0 Å². The summed E-state index contributed by atoms with van der Waals surface area (Å²) in [5.74, 6) is 0.891. The zero-order valence-corrected chi connectivity index (χ0v) is 12.8. The minimum absolute atomic E-state index is 0.215. The van der Waals surface area contributed by atoms with Crippen molar-refractivity contribution in [2.45, 2.75) is 32.7 Å². The van der Waals surface area contributed by atoms with Crippen molar-refractivity contribution < 1.29 is 4.74 Å². The number of aromatic amines is 1. The SMILES string of the molecule is COc1ccc(C)cc1C(N)c1cc(C(C)C)n[nH]c1=O. The van der Waals surface area contributed by atoms with Gasteiger partial charge in [0.25, 0.3) is 5.56 Å². The highest BCUT2D eigenvalue weighted by Gasteiger charge is 2.19. The van der Waals surface area contributed by atoms with Crippen LogP contribution in [0.5, 0.6) is 5.75 Å². The first-order valence-electron chi connectivity index (χ1n) is 6.93. The molecule has 112 valence electrons. The molecule has 0 bridgehead atoms. The zero-order valence-electron chi connectivity index (χ0n) is 12.8. The van der Waals surface area contributed by atoms with Gasteiger partial charge in [-0.1, -0.05) is 31.5 Å². The fourth-order valence-corrected chi connectivity index (χ4v) is 2.23. The number of aryl methyl sites for hydroxylation is 1. The fraction of sp³-hybridized carbons (Fsp3) is 0.375. The second-order valence-electron chi connectivity index (χ2n) is 5.46. The van der Waals surface area contributed by atoms with E-state index in [1.807, 2.05) is 39.0 Å². The van der Waals surface area contributed by atoms with Crippen molar-refractivity contribution in [2.75, 3.05) is 7.11 Å². The van der Waals surface area contributed by atoms with Crippen LogP contribution < -0.4 is 16.0 Å². The van der Waals surface area contributed by atoms with Crippen molar-refractivity contribution in [3.8, 4) is 5.75 Å². The van der Waals surface area contributed by atoms with Crippen molar-refractivity contribution >= 4 is 0 Å². The van der Waals surface area contributed by atoms with Crippen LogP contribution in [0, 0.1) is 6.92 Å². The average molecular weight is 287 g/mol. The van der Waals surface area contributed by atoms with Crippen LogP contribution in [-0.4, -0.2) is 17.3 Å². The highest BCUT2D eigenvalue weighted by Crippen LogP contribution is 2.28. The molecule has 1 aromatic heterocycles. The molecule has 0 aliphatic heterocycles. The topological polar surface area (TPSA) is 81.0 Å². The molecule has 1 atom stereocenters. The van der Waals surface area contributed by atoms with Gasteiger partial charge in [-0.05, 0) is 25.0 Å². The molecule has 1 unspecified atom stereocenters. The van der Waals surface area contributed by atoms with E-state index in [4.69, 9.17) is 10.5 Å². The van der Waals surface area contributed by atoms with Crippen LogP contribution in [0.25, 0.3) is 0 Å². The summed E-state index contributed by atoms with van der Waals surface area (Å²) in [6.07, 6.45) is 0. The number of aromatic nitrogens is 2. The smallest absolute Gasteiger partial charge is 0.269 e. The van der Waals surface area contributed by atoms with Gasteiger partial charge in [0.2, 0.25) is 0 Å². The highest BCUT2D eigenvalue weighted by atomic mass is 16.5. The van der Waals surface area contributed by atoms with Gasteiger partial charge in [-0.2, -0.15) is 5.10 Å². The predicted molar refractivity (Wildman–Crippen MR) is 82.7 cm³/mol. The Kier molecular flexibility index (Phi) is 4.43. The minimum atomic E-state index is -0.552. The lowest BCUT2D eigenvalue weighted by molar-refractivity contribution is 0.407. The number of ether oxygens (including phenoxy) is 1. The molecule has 0 spiro atoms. The number of hydrogen-bond donors (Lipinski definition) is 2. The average Bonchev–Trinajstić information content (AvgIpc) is 2.46. The summed E-state index contributed by atoms with van der Waals surface area (Å²) in [6.45, 7) is 6.01. The molecule has 2 rings (SSSR count). The number of benzene rings is 1. The molecule has 1 heterocycles. The second kappa shape index (κ2) is 6.10. The Morgan fingerprint density at radius 2 is 1.95 bits per heavy atom. The first-order chi connectivity index (χ1) is 9.93. The van der Waals surface area contributed by atoms with Crippen LogP contribution in [0.1, 0.15) is 48.2 Å². The van der Waals surface area contributed by atoms with Crippen molar-refractivity contribution in [1.82, 2.24) is 10.2 Å². The first kappa shape index (κ1) is 15.3. The van der Waals surface area contributed by atoms with E-state index in [0.717, 1.165) is 16.8 Å². The van der Waals surface area contributed by atoms with Gasteiger partial charge in [0.05, 0.1) is 18.8 Å². The Morgan fingerprint density at radius 1 is 1.24 bits per heavy atom. The number of nitrogens with one attached hydrogen (secondary N) is 1. The van der Waals surface area contributed by atoms with Gasteiger partial charge >= 0.3 is 0 Å². The number of nitrogens with zero attached hydrogens (tertiary/aromatic N) is 1. The molecule has 5 heteroatoms. The Bertz CT molecular complexity index is 692. The molecule has 1 aromatic carbocycles. The lowest BCUT2D eigenvalue weighted by Gasteiger charge is -2.17. The molecule has 0 aliphatic rings. The van der Waals surface area contributed by atoms with Crippen molar-refractivity contribution in [2.24, 2.45) is 5.73 Å². The molecule has 0 aliphatic carbocycles. The number of methoxy groups -OCH3 is 1. The van der Waals surface area contributed by atoms with E-state index in [1.165, 1.54) is 0 Å². The third-order valence-electron chi connectivity index (χ3n) is 3.50. The monoisotopic (exact) mass is 287 g/mol. The van der Waals surface area contributed by atoms with Crippen LogP contribution in [-0.2, 0) is 0 Å². The zero-order chi connectivity index (χ0) is 15.6. The summed E-state index contributed by atoms with van der Waals surface area (Å²) >= 11 is 0. The molecular weight excluding hydrogens is 266 g/mol. The Morgan fingerprint density at radius 3 is 2.57 bits per heavy atom. The number of H-pyrrole nitrogens is 1. The van der Waals surface area contributed by atoms with E-state index >= 15 is 0 Å². The Labute approximate surface area is 124 Å². The second-order valence-corrected chi connectivity index (χ2v) is 5.46. The summed E-state index contributed by atoms with van der Waals surface area (Å²) in [7, 11) is 1.59. The number of nitrogens with two attached hydrogens (primary N) is 1. The van der Waals surface area contributed by atoms with E-state index in [-0.39, 0.29) is 11.5 Å². The third kappa shape index (κ3) is 3.13. The van der Waals surface area contributed by atoms with Gasteiger partial charge in [0.15, 0.2) is 0 Å². The minimum Gasteiger partial charge on any atom is -0.496 e. The maximum Gasteiger partial charge on any atom is 0.269 e. The van der Waals surface area contributed by atoms with Crippen LogP contribution in [0.15, 0.2) is 29.1 Å². The van der Waals surface area contributed by atoms with E-state index in [2.05, 4.69) is 10.2 Å². The highest BCUT2D eigenvalue weighted by molar-refractivity contribution is 5.43. The molecule has 0 amide bonds. The summed E-state index contributed by atoms with van der Waals surface area (Å²) < 4.78 is 5.35. The van der Waals surface area contributed by atoms with Gasteiger partial charge in [-0.15, -0.1) is 0 Å².